The quantitative estimate of drug-likeness (QED) is 0.167. The molecule has 2 heterocycles. The van der Waals surface area contributed by atoms with E-state index in [1.54, 1.807) is 0 Å². The SMILES string of the molecule is Cc1ccc(-c2cc3c(-c4cccc5ccccc45)cccc3[cH-]2)nc1.Cc1ccc(-c2cc3c(-c4cccc5ccccc45)cccc3[cH-]2)nc1.[Zr+2]. The molecule has 0 spiro atoms. The molecule has 0 amide bonds. The number of aryl methyl sites for hydroxylation is 2. The maximum atomic E-state index is 4.60. The summed E-state index contributed by atoms with van der Waals surface area (Å²) in [5.41, 5.74) is 11.9. The van der Waals surface area contributed by atoms with Crippen molar-refractivity contribution in [3.8, 4) is 44.8 Å². The van der Waals surface area contributed by atoms with Crippen LogP contribution < -0.4 is 0 Å². The number of nitrogens with zero attached hydrogens (tertiary/aromatic N) is 2. The van der Waals surface area contributed by atoms with E-state index in [9.17, 15) is 0 Å². The predicted octanol–water partition coefficient (Wildman–Crippen LogP) is 13.5. The minimum atomic E-state index is 0. The van der Waals surface area contributed by atoms with E-state index < -0.39 is 0 Å². The van der Waals surface area contributed by atoms with Crippen LogP contribution in [0.3, 0.4) is 0 Å². The molecule has 0 atom stereocenters. The molecule has 2 nitrogen and oxygen atoms in total. The molecule has 0 N–H and O–H groups in total. The minimum Gasteiger partial charge on any atom is -0.295 e. The molecular weight excluding hydrogens is 720 g/mol. The van der Waals surface area contributed by atoms with Crippen LogP contribution in [0.5, 0.6) is 0 Å². The first-order valence-corrected chi connectivity index (χ1v) is 17.8. The van der Waals surface area contributed by atoms with Crippen molar-refractivity contribution in [3.63, 3.8) is 0 Å². The molecule has 2 aromatic heterocycles. The van der Waals surface area contributed by atoms with Gasteiger partial charge < -0.3 is 0 Å². The van der Waals surface area contributed by atoms with Gasteiger partial charge in [0.1, 0.15) is 0 Å². The van der Waals surface area contributed by atoms with Gasteiger partial charge in [-0.1, -0.05) is 145 Å². The van der Waals surface area contributed by atoms with Gasteiger partial charge in [0.05, 0.1) is 0 Å². The van der Waals surface area contributed by atoms with Crippen LogP contribution in [0.1, 0.15) is 11.1 Å². The van der Waals surface area contributed by atoms with Gasteiger partial charge >= 0.3 is 26.2 Å². The van der Waals surface area contributed by atoms with Crippen molar-refractivity contribution in [3.05, 3.63) is 193 Å². The van der Waals surface area contributed by atoms with Crippen LogP contribution in [0.2, 0.25) is 0 Å². The van der Waals surface area contributed by atoms with E-state index in [1.807, 2.05) is 12.4 Å². The Balaban J connectivity index is 0.000000148. The second-order valence-electron chi connectivity index (χ2n) is 13.6. The zero-order valence-corrected chi connectivity index (χ0v) is 32.2. The maximum absolute atomic E-state index is 4.60. The third kappa shape index (κ3) is 6.70. The molecule has 250 valence electrons. The summed E-state index contributed by atoms with van der Waals surface area (Å²) >= 11 is 0. The average molecular weight is 756 g/mol. The third-order valence-electron chi connectivity index (χ3n) is 10.1. The van der Waals surface area contributed by atoms with Gasteiger partial charge in [-0.2, -0.15) is 0 Å². The number of aromatic nitrogens is 2. The fourth-order valence-corrected chi connectivity index (χ4v) is 7.43. The molecule has 0 bridgehead atoms. The maximum Gasteiger partial charge on any atom is 2.00 e. The Labute approximate surface area is 329 Å². The summed E-state index contributed by atoms with van der Waals surface area (Å²) in [7, 11) is 0. The molecule has 0 aliphatic rings. The number of rotatable bonds is 4. The fourth-order valence-electron chi connectivity index (χ4n) is 7.43. The first-order chi connectivity index (χ1) is 25.6. The molecule has 3 heteroatoms. The van der Waals surface area contributed by atoms with E-state index in [0.29, 0.717) is 0 Å². The fraction of sp³-hybridized carbons (Fsp3) is 0.0400. The predicted molar refractivity (Wildman–Crippen MR) is 221 cm³/mol. The molecule has 0 fully saturated rings. The molecule has 0 aliphatic carbocycles. The molecule has 0 aliphatic heterocycles. The molecule has 10 aromatic rings. The van der Waals surface area contributed by atoms with Crippen molar-refractivity contribution in [2.24, 2.45) is 0 Å². The third-order valence-corrected chi connectivity index (χ3v) is 10.1. The molecule has 0 saturated carbocycles. The molecule has 0 radical (unpaired) electrons. The molecule has 53 heavy (non-hydrogen) atoms. The van der Waals surface area contributed by atoms with E-state index in [1.165, 1.54) is 87.6 Å². The van der Waals surface area contributed by atoms with Crippen molar-refractivity contribution in [2.75, 3.05) is 0 Å². The van der Waals surface area contributed by atoms with Crippen molar-refractivity contribution in [2.45, 2.75) is 13.8 Å². The van der Waals surface area contributed by atoms with Crippen molar-refractivity contribution in [1.29, 1.82) is 0 Å². The van der Waals surface area contributed by atoms with Gasteiger partial charge in [-0.05, 0) is 57.6 Å². The Kier molecular flexibility index (Phi) is 9.52. The molecular formula is C50H36N2Zr. The van der Waals surface area contributed by atoms with Gasteiger partial charge in [0.15, 0.2) is 0 Å². The second-order valence-corrected chi connectivity index (χ2v) is 13.6. The van der Waals surface area contributed by atoms with Gasteiger partial charge in [0.25, 0.3) is 0 Å². The van der Waals surface area contributed by atoms with Crippen LogP contribution in [0.25, 0.3) is 87.9 Å². The number of hydrogen-bond donors (Lipinski definition) is 0. The second kappa shape index (κ2) is 14.7. The topological polar surface area (TPSA) is 25.8 Å². The van der Waals surface area contributed by atoms with Crippen molar-refractivity contribution in [1.82, 2.24) is 9.97 Å². The van der Waals surface area contributed by atoms with Crippen LogP contribution in [-0.2, 0) is 26.2 Å². The van der Waals surface area contributed by atoms with E-state index >= 15 is 0 Å². The van der Waals surface area contributed by atoms with Crippen LogP contribution >= 0.6 is 0 Å². The summed E-state index contributed by atoms with van der Waals surface area (Å²) in [5.74, 6) is 0. The average Bonchev–Trinajstić information content (AvgIpc) is 3.84. The Bertz CT molecular complexity index is 2650. The monoisotopic (exact) mass is 754 g/mol. The Morgan fingerprint density at radius 1 is 0.377 bits per heavy atom. The van der Waals surface area contributed by atoms with Crippen LogP contribution in [0.15, 0.2) is 182 Å². The Morgan fingerprint density at radius 3 is 1.17 bits per heavy atom. The zero-order chi connectivity index (χ0) is 35.0. The van der Waals surface area contributed by atoms with E-state index in [-0.39, 0.29) is 26.2 Å². The van der Waals surface area contributed by atoms with Crippen molar-refractivity contribution >= 4 is 43.1 Å². The summed E-state index contributed by atoms with van der Waals surface area (Å²) in [6.07, 6.45) is 3.86. The minimum absolute atomic E-state index is 0. The van der Waals surface area contributed by atoms with Crippen LogP contribution in [0, 0.1) is 13.8 Å². The number of hydrogen-bond acceptors (Lipinski definition) is 2. The van der Waals surface area contributed by atoms with Gasteiger partial charge in [-0.25, -0.2) is 0 Å². The summed E-state index contributed by atoms with van der Waals surface area (Å²) < 4.78 is 0. The first-order valence-electron chi connectivity index (χ1n) is 17.8. The largest absolute Gasteiger partial charge is 2.00 e. The molecule has 0 unspecified atom stereocenters. The first kappa shape index (κ1) is 34.3. The smallest absolute Gasteiger partial charge is 0.295 e. The van der Waals surface area contributed by atoms with Gasteiger partial charge in [0, 0.05) is 23.8 Å². The van der Waals surface area contributed by atoms with Gasteiger partial charge in [-0.15, -0.1) is 69.1 Å². The van der Waals surface area contributed by atoms with E-state index in [4.69, 9.17) is 0 Å². The molecule has 8 aromatic carbocycles. The summed E-state index contributed by atoms with van der Waals surface area (Å²) in [4.78, 5) is 9.19. The summed E-state index contributed by atoms with van der Waals surface area (Å²) in [5, 5.41) is 10.2. The van der Waals surface area contributed by atoms with E-state index in [2.05, 4.69) is 194 Å². The number of fused-ring (bicyclic) bond motifs is 4. The number of pyridine rings is 2. The Morgan fingerprint density at radius 2 is 0.755 bits per heavy atom. The number of benzene rings is 6. The normalized spacial score (nSPS) is 11.1. The van der Waals surface area contributed by atoms with Gasteiger partial charge in [-0.3, -0.25) is 9.97 Å². The summed E-state index contributed by atoms with van der Waals surface area (Å²) in [6, 6.07) is 60.7. The van der Waals surface area contributed by atoms with Crippen LogP contribution in [0.4, 0.5) is 0 Å². The molecule has 0 saturated heterocycles. The van der Waals surface area contributed by atoms with Crippen LogP contribution in [-0.4, -0.2) is 9.97 Å². The standard InChI is InChI=1S/2C25H18N.Zr/c2*1-17-12-13-25(26-16-17)20-14-19-8-5-11-23(24(19)15-20)22-10-4-7-18-6-2-3-9-21(18)22;/h2*2-16H,1H3;/q2*-1;+2. The Hall–Kier alpha value is -5.76. The van der Waals surface area contributed by atoms with Crippen molar-refractivity contribution < 1.29 is 26.2 Å². The summed E-state index contributed by atoms with van der Waals surface area (Å²) in [6.45, 7) is 4.13. The zero-order valence-electron chi connectivity index (χ0n) is 29.7. The molecule has 10 rings (SSSR count). The van der Waals surface area contributed by atoms with Gasteiger partial charge in [0.2, 0.25) is 0 Å². The van der Waals surface area contributed by atoms with E-state index in [0.717, 1.165) is 11.4 Å².